The van der Waals surface area contributed by atoms with Crippen LogP contribution in [0.25, 0.3) is 10.9 Å². The van der Waals surface area contributed by atoms with E-state index in [9.17, 15) is 0 Å². The molecular weight excluding hydrogens is 210 g/mol. The molecule has 0 radical (unpaired) electrons. The highest BCUT2D eigenvalue weighted by atomic mass is 15.1. The molecule has 0 fully saturated rings. The van der Waals surface area contributed by atoms with Crippen molar-refractivity contribution >= 4 is 10.9 Å². The minimum atomic E-state index is 0.963. The standard InChI is InChI=1S/C14H19N3/c1-15-9-10-17(2)11-12-7-8-16-14-6-4-3-5-13(12)14/h3-8,15H,9-11H2,1-2H3. The first-order valence-electron chi connectivity index (χ1n) is 5.97. The van der Waals surface area contributed by atoms with Crippen molar-refractivity contribution in [1.29, 1.82) is 0 Å². The lowest BCUT2D eigenvalue weighted by molar-refractivity contribution is 0.329. The average molecular weight is 229 g/mol. The van der Waals surface area contributed by atoms with Crippen LogP contribution in [0.2, 0.25) is 0 Å². The lowest BCUT2D eigenvalue weighted by Gasteiger charge is -2.17. The Balaban J connectivity index is 2.18. The molecule has 17 heavy (non-hydrogen) atoms. The molecule has 2 aromatic rings. The summed E-state index contributed by atoms with van der Waals surface area (Å²) in [5.41, 5.74) is 2.42. The number of fused-ring (bicyclic) bond motifs is 1. The predicted molar refractivity (Wildman–Crippen MR) is 72.0 cm³/mol. The molecular formula is C14H19N3. The van der Waals surface area contributed by atoms with Gasteiger partial charge < -0.3 is 10.2 Å². The first-order valence-corrected chi connectivity index (χ1v) is 5.97. The van der Waals surface area contributed by atoms with E-state index in [0.29, 0.717) is 0 Å². The minimum absolute atomic E-state index is 0.963. The van der Waals surface area contributed by atoms with Crippen LogP contribution in [0.4, 0.5) is 0 Å². The third-order valence-corrected chi connectivity index (χ3v) is 2.92. The van der Waals surface area contributed by atoms with Crippen molar-refractivity contribution in [2.75, 3.05) is 27.2 Å². The molecule has 0 atom stereocenters. The number of nitrogens with zero attached hydrogens (tertiary/aromatic N) is 2. The molecule has 1 aromatic heterocycles. The van der Waals surface area contributed by atoms with Crippen LogP contribution in [-0.2, 0) is 6.54 Å². The van der Waals surface area contributed by atoms with E-state index >= 15 is 0 Å². The normalized spacial score (nSPS) is 11.2. The number of para-hydroxylation sites is 1. The summed E-state index contributed by atoms with van der Waals surface area (Å²) in [6, 6.07) is 10.4. The van der Waals surface area contributed by atoms with E-state index in [1.807, 2.05) is 19.3 Å². The molecule has 0 saturated carbocycles. The van der Waals surface area contributed by atoms with Gasteiger partial charge in [-0.15, -0.1) is 0 Å². The van der Waals surface area contributed by atoms with Gasteiger partial charge in [-0.1, -0.05) is 18.2 Å². The van der Waals surface area contributed by atoms with Crippen LogP contribution >= 0.6 is 0 Å². The van der Waals surface area contributed by atoms with Gasteiger partial charge in [0.05, 0.1) is 5.52 Å². The van der Waals surface area contributed by atoms with Crippen LogP contribution in [0.3, 0.4) is 0 Å². The number of rotatable bonds is 5. The fourth-order valence-corrected chi connectivity index (χ4v) is 1.97. The van der Waals surface area contributed by atoms with Gasteiger partial charge in [-0.05, 0) is 31.8 Å². The van der Waals surface area contributed by atoms with Crippen molar-refractivity contribution in [3.63, 3.8) is 0 Å². The highest BCUT2D eigenvalue weighted by Crippen LogP contribution is 2.17. The maximum absolute atomic E-state index is 4.38. The summed E-state index contributed by atoms with van der Waals surface area (Å²) in [6.45, 7) is 3.03. The van der Waals surface area contributed by atoms with Gasteiger partial charge in [-0.2, -0.15) is 0 Å². The van der Waals surface area contributed by atoms with Crippen molar-refractivity contribution in [1.82, 2.24) is 15.2 Å². The summed E-state index contributed by atoms with van der Waals surface area (Å²) in [6.07, 6.45) is 1.89. The lowest BCUT2D eigenvalue weighted by Crippen LogP contribution is -2.27. The number of likely N-dealkylation sites (N-methyl/N-ethyl adjacent to an activating group) is 2. The average Bonchev–Trinajstić information content (AvgIpc) is 2.37. The van der Waals surface area contributed by atoms with Gasteiger partial charge in [0.2, 0.25) is 0 Å². The number of pyridine rings is 1. The Kier molecular flexibility index (Phi) is 4.07. The smallest absolute Gasteiger partial charge is 0.0705 e. The predicted octanol–water partition coefficient (Wildman–Crippen LogP) is 1.89. The van der Waals surface area contributed by atoms with E-state index in [1.54, 1.807) is 0 Å². The topological polar surface area (TPSA) is 28.2 Å². The molecule has 0 saturated heterocycles. The summed E-state index contributed by atoms with van der Waals surface area (Å²) in [7, 11) is 4.13. The van der Waals surface area contributed by atoms with E-state index in [2.05, 4.69) is 46.5 Å². The Hall–Kier alpha value is -1.45. The molecule has 0 bridgehead atoms. The zero-order valence-corrected chi connectivity index (χ0v) is 10.5. The molecule has 1 heterocycles. The Morgan fingerprint density at radius 2 is 2.06 bits per heavy atom. The van der Waals surface area contributed by atoms with Crippen LogP contribution in [0.5, 0.6) is 0 Å². The second-order valence-corrected chi connectivity index (χ2v) is 4.33. The number of benzene rings is 1. The summed E-state index contributed by atoms with van der Waals surface area (Å²) in [4.78, 5) is 6.70. The summed E-state index contributed by atoms with van der Waals surface area (Å²) < 4.78 is 0. The SMILES string of the molecule is CNCCN(C)Cc1ccnc2ccccc12. The fourth-order valence-electron chi connectivity index (χ4n) is 1.97. The van der Waals surface area contributed by atoms with Crippen LogP contribution in [0.15, 0.2) is 36.5 Å². The van der Waals surface area contributed by atoms with Gasteiger partial charge in [-0.25, -0.2) is 0 Å². The Morgan fingerprint density at radius 3 is 2.88 bits per heavy atom. The minimum Gasteiger partial charge on any atom is -0.318 e. The maximum atomic E-state index is 4.38. The molecule has 1 N–H and O–H groups in total. The molecule has 0 amide bonds. The molecule has 1 aromatic carbocycles. The van der Waals surface area contributed by atoms with Crippen LogP contribution < -0.4 is 5.32 Å². The molecule has 0 aliphatic carbocycles. The summed E-state index contributed by atoms with van der Waals surface area (Å²) >= 11 is 0. The number of aromatic nitrogens is 1. The highest BCUT2D eigenvalue weighted by molar-refractivity contribution is 5.81. The van der Waals surface area contributed by atoms with Crippen molar-refractivity contribution in [3.05, 3.63) is 42.1 Å². The number of hydrogen-bond donors (Lipinski definition) is 1. The quantitative estimate of drug-likeness (QED) is 0.848. The second kappa shape index (κ2) is 5.75. The highest BCUT2D eigenvalue weighted by Gasteiger charge is 2.04. The van der Waals surface area contributed by atoms with Crippen LogP contribution in [-0.4, -0.2) is 37.1 Å². The molecule has 3 nitrogen and oxygen atoms in total. The number of nitrogens with one attached hydrogen (secondary N) is 1. The van der Waals surface area contributed by atoms with Gasteiger partial charge in [0, 0.05) is 31.2 Å². The van der Waals surface area contributed by atoms with Crippen LogP contribution in [0.1, 0.15) is 5.56 Å². The van der Waals surface area contributed by atoms with Gasteiger partial charge >= 0.3 is 0 Å². The Labute approximate surface area is 102 Å². The zero-order chi connectivity index (χ0) is 12.1. The molecule has 0 unspecified atom stereocenters. The first-order chi connectivity index (χ1) is 8.31. The fraction of sp³-hybridized carbons (Fsp3) is 0.357. The van der Waals surface area contributed by atoms with E-state index < -0.39 is 0 Å². The van der Waals surface area contributed by atoms with Crippen molar-refractivity contribution in [3.8, 4) is 0 Å². The summed E-state index contributed by atoms with van der Waals surface area (Å²) in [5.74, 6) is 0. The number of hydrogen-bond acceptors (Lipinski definition) is 3. The lowest BCUT2D eigenvalue weighted by atomic mass is 10.1. The third-order valence-electron chi connectivity index (χ3n) is 2.92. The molecule has 0 aliphatic heterocycles. The monoisotopic (exact) mass is 229 g/mol. The zero-order valence-electron chi connectivity index (χ0n) is 10.5. The van der Waals surface area contributed by atoms with Crippen LogP contribution in [0, 0.1) is 0 Å². The molecule has 2 rings (SSSR count). The molecule has 0 spiro atoms. The third kappa shape index (κ3) is 3.02. The van der Waals surface area contributed by atoms with E-state index in [4.69, 9.17) is 0 Å². The van der Waals surface area contributed by atoms with Gasteiger partial charge in [-0.3, -0.25) is 4.98 Å². The maximum Gasteiger partial charge on any atom is 0.0705 e. The molecule has 3 heteroatoms. The van der Waals surface area contributed by atoms with E-state index in [0.717, 1.165) is 25.2 Å². The van der Waals surface area contributed by atoms with Crippen molar-refractivity contribution < 1.29 is 0 Å². The van der Waals surface area contributed by atoms with Gasteiger partial charge in [0.15, 0.2) is 0 Å². The van der Waals surface area contributed by atoms with E-state index in [-0.39, 0.29) is 0 Å². The van der Waals surface area contributed by atoms with Crippen molar-refractivity contribution in [2.24, 2.45) is 0 Å². The first kappa shape index (κ1) is 12.0. The van der Waals surface area contributed by atoms with Crippen molar-refractivity contribution in [2.45, 2.75) is 6.54 Å². The Bertz CT molecular complexity index is 476. The largest absolute Gasteiger partial charge is 0.318 e. The summed E-state index contributed by atoms with van der Waals surface area (Å²) in [5, 5.41) is 4.42. The van der Waals surface area contributed by atoms with Gasteiger partial charge in [0.1, 0.15) is 0 Å². The second-order valence-electron chi connectivity index (χ2n) is 4.33. The molecule has 90 valence electrons. The van der Waals surface area contributed by atoms with E-state index in [1.165, 1.54) is 10.9 Å². The Morgan fingerprint density at radius 1 is 1.24 bits per heavy atom. The molecule has 0 aliphatic rings. The van der Waals surface area contributed by atoms with Gasteiger partial charge in [0.25, 0.3) is 0 Å².